The first kappa shape index (κ1) is 10.4. The summed E-state index contributed by atoms with van der Waals surface area (Å²) < 4.78 is 0.885. The van der Waals surface area contributed by atoms with Crippen LogP contribution in [0.15, 0.2) is 46.9 Å². The lowest BCUT2D eigenvalue weighted by Crippen LogP contribution is -1.92. The van der Waals surface area contributed by atoms with Gasteiger partial charge in [0.25, 0.3) is 0 Å². The molecule has 0 unspecified atom stereocenters. The zero-order valence-electron chi connectivity index (χ0n) is 8.94. The number of anilines is 1. The molecular weight excluding hydrogens is 278 g/mol. The van der Waals surface area contributed by atoms with E-state index in [9.17, 15) is 0 Å². The molecular formula is C13H10BrN3. The van der Waals surface area contributed by atoms with Crippen LogP contribution in [0.25, 0.3) is 22.4 Å². The standard InChI is InChI=1S/C13H10BrN3/c14-9-5-3-4-8(12(9)15)13-16-10-6-1-2-7-11(10)17-13/h1-7H,15H2,(H,16,17). The van der Waals surface area contributed by atoms with Gasteiger partial charge in [0.1, 0.15) is 5.82 Å². The topological polar surface area (TPSA) is 54.7 Å². The maximum absolute atomic E-state index is 6.03. The maximum Gasteiger partial charge on any atom is 0.140 e. The third-order valence-corrected chi connectivity index (χ3v) is 3.39. The predicted octanol–water partition coefficient (Wildman–Crippen LogP) is 3.57. The molecule has 0 fully saturated rings. The lowest BCUT2D eigenvalue weighted by molar-refractivity contribution is 1.33. The normalized spacial score (nSPS) is 10.9. The Morgan fingerprint density at radius 1 is 1.06 bits per heavy atom. The van der Waals surface area contributed by atoms with Gasteiger partial charge in [-0.1, -0.05) is 18.2 Å². The van der Waals surface area contributed by atoms with Crippen molar-refractivity contribution in [2.75, 3.05) is 5.73 Å². The van der Waals surface area contributed by atoms with Gasteiger partial charge in [0.2, 0.25) is 0 Å². The highest BCUT2D eigenvalue weighted by Crippen LogP contribution is 2.30. The number of halogens is 1. The lowest BCUT2D eigenvalue weighted by Gasteiger charge is -2.03. The monoisotopic (exact) mass is 287 g/mol. The largest absolute Gasteiger partial charge is 0.397 e. The zero-order valence-corrected chi connectivity index (χ0v) is 10.5. The predicted molar refractivity (Wildman–Crippen MR) is 73.6 cm³/mol. The van der Waals surface area contributed by atoms with Crippen LogP contribution in [0.4, 0.5) is 5.69 Å². The molecule has 3 N–H and O–H groups in total. The van der Waals surface area contributed by atoms with Crippen LogP contribution in [0.5, 0.6) is 0 Å². The third kappa shape index (κ3) is 1.70. The van der Waals surface area contributed by atoms with Gasteiger partial charge in [-0.2, -0.15) is 0 Å². The lowest BCUT2D eigenvalue weighted by atomic mass is 10.2. The van der Waals surface area contributed by atoms with Crippen LogP contribution in [-0.2, 0) is 0 Å². The SMILES string of the molecule is Nc1c(Br)cccc1-c1nc2ccccc2[nH]1. The van der Waals surface area contributed by atoms with Crippen molar-refractivity contribution in [3.63, 3.8) is 0 Å². The smallest absolute Gasteiger partial charge is 0.140 e. The average Bonchev–Trinajstić information content (AvgIpc) is 2.76. The molecule has 0 aliphatic rings. The fourth-order valence-corrected chi connectivity index (χ4v) is 2.19. The highest BCUT2D eigenvalue weighted by atomic mass is 79.9. The maximum atomic E-state index is 6.03. The van der Waals surface area contributed by atoms with E-state index >= 15 is 0 Å². The van der Waals surface area contributed by atoms with E-state index in [1.54, 1.807) is 0 Å². The van der Waals surface area contributed by atoms with Crippen LogP contribution in [0.3, 0.4) is 0 Å². The second-order valence-corrected chi connectivity index (χ2v) is 4.66. The molecule has 1 heterocycles. The number of nitrogen functional groups attached to an aromatic ring is 1. The summed E-state index contributed by atoms with van der Waals surface area (Å²) in [6, 6.07) is 13.7. The van der Waals surface area contributed by atoms with Crippen molar-refractivity contribution in [3.05, 3.63) is 46.9 Å². The van der Waals surface area contributed by atoms with Gasteiger partial charge in [0.05, 0.1) is 16.7 Å². The summed E-state index contributed by atoms with van der Waals surface area (Å²) in [5, 5.41) is 0. The first-order chi connectivity index (χ1) is 8.25. The van der Waals surface area contributed by atoms with Crippen molar-refractivity contribution in [1.82, 2.24) is 9.97 Å². The van der Waals surface area contributed by atoms with Crippen molar-refractivity contribution >= 4 is 32.7 Å². The van der Waals surface area contributed by atoms with Crippen LogP contribution in [-0.4, -0.2) is 9.97 Å². The molecule has 1 aromatic heterocycles. The summed E-state index contributed by atoms with van der Waals surface area (Å²) in [6.45, 7) is 0. The van der Waals surface area contributed by atoms with Crippen LogP contribution < -0.4 is 5.73 Å². The number of nitrogens with one attached hydrogen (secondary N) is 1. The van der Waals surface area contributed by atoms with Gasteiger partial charge in [0.15, 0.2) is 0 Å². The van der Waals surface area contributed by atoms with E-state index in [-0.39, 0.29) is 0 Å². The van der Waals surface area contributed by atoms with Gasteiger partial charge in [-0.25, -0.2) is 4.98 Å². The van der Waals surface area contributed by atoms with Crippen molar-refractivity contribution < 1.29 is 0 Å². The number of hydrogen-bond acceptors (Lipinski definition) is 2. The summed E-state index contributed by atoms with van der Waals surface area (Å²) in [5.74, 6) is 0.796. The Balaban J connectivity index is 2.24. The highest BCUT2D eigenvalue weighted by molar-refractivity contribution is 9.10. The quantitative estimate of drug-likeness (QED) is 0.672. The zero-order chi connectivity index (χ0) is 11.8. The Kier molecular flexibility index (Phi) is 2.37. The Bertz CT molecular complexity index is 655. The summed E-state index contributed by atoms with van der Waals surface area (Å²) >= 11 is 3.42. The summed E-state index contributed by atoms with van der Waals surface area (Å²) in [7, 11) is 0. The van der Waals surface area contributed by atoms with Gasteiger partial charge in [-0.05, 0) is 40.2 Å². The Morgan fingerprint density at radius 2 is 1.88 bits per heavy atom. The first-order valence-corrected chi connectivity index (χ1v) is 6.04. The molecule has 0 aliphatic heterocycles. The van der Waals surface area contributed by atoms with Gasteiger partial charge in [-0.3, -0.25) is 0 Å². The van der Waals surface area contributed by atoms with E-state index in [4.69, 9.17) is 5.73 Å². The molecule has 84 valence electrons. The van der Waals surface area contributed by atoms with Crippen LogP contribution >= 0.6 is 15.9 Å². The number of benzene rings is 2. The van der Waals surface area contributed by atoms with E-state index in [0.29, 0.717) is 5.69 Å². The number of imidazole rings is 1. The van der Waals surface area contributed by atoms with E-state index in [2.05, 4.69) is 25.9 Å². The van der Waals surface area contributed by atoms with Gasteiger partial charge in [-0.15, -0.1) is 0 Å². The molecule has 0 bridgehead atoms. The number of fused-ring (bicyclic) bond motifs is 1. The Hall–Kier alpha value is -1.81. The number of nitrogens with two attached hydrogens (primary N) is 1. The molecule has 0 amide bonds. The second kappa shape index (κ2) is 3.89. The first-order valence-electron chi connectivity index (χ1n) is 5.25. The minimum absolute atomic E-state index is 0.701. The molecule has 0 radical (unpaired) electrons. The molecule has 2 aromatic carbocycles. The number of nitrogens with zero attached hydrogens (tertiary/aromatic N) is 1. The Labute approximate surface area is 107 Å². The third-order valence-electron chi connectivity index (χ3n) is 2.70. The van der Waals surface area contributed by atoms with Crippen molar-refractivity contribution in [2.45, 2.75) is 0 Å². The number of aromatic amines is 1. The van der Waals surface area contributed by atoms with E-state index in [0.717, 1.165) is 26.9 Å². The van der Waals surface area contributed by atoms with Crippen LogP contribution in [0.2, 0.25) is 0 Å². The molecule has 0 aliphatic carbocycles. The molecule has 0 atom stereocenters. The van der Waals surface area contributed by atoms with E-state index < -0.39 is 0 Å². The van der Waals surface area contributed by atoms with Crippen molar-refractivity contribution in [3.8, 4) is 11.4 Å². The Morgan fingerprint density at radius 3 is 2.71 bits per heavy atom. The summed E-state index contributed by atoms with van der Waals surface area (Å²) in [5.41, 5.74) is 9.60. The molecule has 3 aromatic rings. The highest BCUT2D eigenvalue weighted by Gasteiger charge is 2.09. The molecule has 3 rings (SSSR count). The number of para-hydroxylation sites is 3. The van der Waals surface area contributed by atoms with Crippen molar-refractivity contribution in [2.24, 2.45) is 0 Å². The molecule has 17 heavy (non-hydrogen) atoms. The number of H-pyrrole nitrogens is 1. The summed E-state index contributed by atoms with van der Waals surface area (Å²) in [4.78, 5) is 7.80. The molecule has 0 saturated carbocycles. The van der Waals surface area contributed by atoms with Crippen molar-refractivity contribution in [1.29, 1.82) is 0 Å². The second-order valence-electron chi connectivity index (χ2n) is 3.80. The minimum Gasteiger partial charge on any atom is -0.397 e. The van der Waals surface area contributed by atoms with Gasteiger partial charge >= 0.3 is 0 Å². The number of hydrogen-bond donors (Lipinski definition) is 2. The van der Waals surface area contributed by atoms with Crippen LogP contribution in [0.1, 0.15) is 0 Å². The number of aromatic nitrogens is 2. The van der Waals surface area contributed by atoms with Crippen LogP contribution in [0, 0.1) is 0 Å². The number of rotatable bonds is 1. The minimum atomic E-state index is 0.701. The van der Waals surface area contributed by atoms with Gasteiger partial charge in [0, 0.05) is 10.0 Å². The molecule has 0 spiro atoms. The summed E-state index contributed by atoms with van der Waals surface area (Å²) in [6.07, 6.45) is 0. The molecule has 4 heteroatoms. The fourth-order valence-electron chi connectivity index (χ4n) is 1.82. The van der Waals surface area contributed by atoms with Gasteiger partial charge < -0.3 is 10.7 Å². The fraction of sp³-hybridized carbons (Fsp3) is 0. The average molecular weight is 288 g/mol. The van der Waals surface area contributed by atoms with E-state index in [1.165, 1.54) is 0 Å². The molecule has 3 nitrogen and oxygen atoms in total. The molecule has 0 saturated heterocycles. The van der Waals surface area contributed by atoms with E-state index in [1.807, 2.05) is 42.5 Å².